The summed E-state index contributed by atoms with van der Waals surface area (Å²) in [4.78, 5) is 6.15. The van der Waals surface area contributed by atoms with E-state index in [1.807, 2.05) is 6.07 Å². The van der Waals surface area contributed by atoms with Gasteiger partial charge in [0.2, 0.25) is 0 Å². The van der Waals surface area contributed by atoms with Crippen LogP contribution in [0.25, 0.3) is 10.8 Å². The van der Waals surface area contributed by atoms with Crippen molar-refractivity contribution in [3.8, 4) is 10.8 Å². The van der Waals surface area contributed by atoms with E-state index in [9.17, 15) is 0 Å². The lowest BCUT2D eigenvalue weighted by Gasteiger charge is -2.08. The SMILES string of the molecule is Cc1ccoc1-c1nc(CC(C)C)c(CNC(C)C)s1. The Balaban J connectivity index is 2.29. The highest BCUT2D eigenvalue weighted by Crippen LogP contribution is 2.32. The molecule has 0 atom stereocenters. The van der Waals surface area contributed by atoms with Crippen molar-refractivity contribution < 1.29 is 4.42 Å². The predicted octanol–water partition coefficient (Wildman–Crippen LogP) is 4.41. The first-order chi connectivity index (χ1) is 9.47. The zero-order valence-corrected chi connectivity index (χ0v) is 13.8. The summed E-state index contributed by atoms with van der Waals surface area (Å²) in [6, 6.07) is 2.48. The smallest absolute Gasteiger partial charge is 0.165 e. The van der Waals surface area contributed by atoms with Gasteiger partial charge in [0.1, 0.15) is 0 Å². The Morgan fingerprint density at radius 2 is 2.05 bits per heavy atom. The van der Waals surface area contributed by atoms with Gasteiger partial charge in [0.15, 0.2) is 10.8 Å². The fraction of sp³-hybridized carbons (Fsp3) is 0.562. The maximum Gasteiger partial charge on any atom is 0.165 e. The predicted molar refractivity (Wildman–Crippen MR) is 85.1 cm³/mol. The molecule has 0 saturated carbocycles. The summed E-state index contributed by atoms with van der Waals surface area (Å²) in [7, 11) is 0. The highest BCUT2D eigenvalue weighted by atomic mass is 32.1. The first kappa shape index (κ1) is 15.3. The van der Waals surface area contributed by atoms with Crippen LogP contribution >= 0.6 is 11.3 Å². The molecule has 0 spiro atoms. The molecular formula is C16H24N2OS. The maximum absolute atomic E-state index is 5.58. The molecule has 2 aromatic heterocycles. The van der Waals surface area contributed by atoms with Crippen molar-refractivity contribution in [2.45, 2.75) is 53.6 Å². The van der Waals surface area contributed by atoms with Gasteiger partial charge in [-0.15, -0.1) is 11.3 Å². The summed E-state index contributed by atoms with van der Waals surface area (Å²) in [5.74, 6) is 1.52. The second-order valence-corrected chi connectivity index (χ2v) is 7.04. The van der Waals surface area contributed by atoms with Crippen molar-refractivity contribution in [2.75, 3.05) is 0 Å². The van der Waals surface area contributed by atoms with Crippen LogP contribution in [0.5, 0.6) is 0 Å². The molecule has 0 fully saturated rings. The second kappa shape index (κ2) is 6.55. The molecule has 1 N–H and O–H groups in total. The van der Waals surface area contributed by atoms with Crippen LogP contribution in [0.4, 0.5) is 0 Å². The minimum atomic E-state index is 0.484. The van der Waals surface area contributed by atoms with Crippen LogP contribution in [0, 0.1) is 12.8 Å². The molecule has 0 aliphatic heterocycles. The summed E-state index contributed by atoms with van der Waals surface area (Å²) in [5.41, 5.74) is 2.36. The number of furan rings is 1. The Kier molecular flexibility index (Phi) is 5.00. The Morgan fingerprint density at radius 1 is 1.30 bits per heavy atom. The number of nitrogens with one attached hydrogen (secondary N) is 1. The van der Waals surface area contributed by atoms with Gasteiger partial charge < -0.3 is 9.73 Å². The van der Waals surface area contributed by atoms with Crippen LogP contribution in [-0.4, -0.2) is 11.0 Å². The molecule has 0 aliphatic rings. The monoisotopic (exact) mass is 292 g/mol. The van der Waals surface area contributed by atoms with E-state index in [0.29, 0.717) is 12.0 Å². The van der Waals surface area contributed by atoms with Gasteiger partial charge in [-0.25, -0.2) is 4.98 Å². The van der Waals surface area contributed by atoms with Gasteiger partial charge in [0.25, 0.3) is 0 Å². The fourth-order valence-electron chi connectivity index (χ4n) is 2.05. The quantitative estimate of drug-likeness (QED) is 0.857. The number of aryl methyl sites for hydroxylation is 1. The molecule has 110 valence electrons. The number of rotatable bonds is 6. The number of thiazole rings is 1. The molecular weight excluding hydrogens is 268 g/mol. The van der Waals surface area contributed by atoms with Crippen molar-refractivity contribution >= 4 is 11.3 Å². The molecule has 0 bridgehead atoms. The van der Waals surface area contributed by atoms with E-state index >= 15 is 0 Å². The summed E-state index contributed by atoms with van der Waals surface area (Å²) in [6.07, 6.45) is 2.76. The molecule has 4 heteroatoms. The first-order valence-electron chi connectivity index (χ1n) is 7.23. The molecule has 0 aromatic carbocycles. The van der Waals surface area contributed by atoms with E-state index in [1.165, 1.54) is 10.6 Å². The highest BCUT2D eigenvalue weighted by Gasteiger charge is 2.17. The normalized spacial score (nSPS) is 11.8. The zero-order chi connectivity index (χ0) is 14.7. The van der Waals surface area contributed by atoms with Crippen molar-refractivity contribution in [3.63, 3.8) is 0 Å². The van der Waals surface area contributed by atoms with Crippen molar-refractivity contribution in [1.29, 1.82) is 0 Å². The molecule has 0 saturated heterocycles. The van der Waals surface area contributed by atoms with Crippen LogP contribution in [0.3, 0.4) is 0 Å². The fourth-order valence-corrected chi connectivity index (χ4v) is 3.15. The minimum absolute atomic E-state index is 0.484. The standard InChI is InChI=1S/C16H24N2OS/c1-10(2)8-13-14(9-17-11(3)4)20-16(18-13)15-12(5)6-7-19-15/h6-7,10-11,17H,8-9H2,1-5H3. The number of nitrogens with zero attached hydrogens (tertiary/aromatic N) is 1. The summed E-state index contributed by atoms with van der Waals surface area (Å²) < 4.78 is 5.58. The van der Waals surface area contributed by atoms with Crippen LogP contribution in [0.15, 0.2) is 16.7 Å². The van der Waals surface area contributed by atoms with Crippen LogP contribution in [0.2, 0.25) is 0 Å². The van der Waals surface area contributed by atoms with E-state index in [-0.39, 0.29) is 0 Å². The Morgan fingerprint density at radius 3 is 2.60 bits per heavy atom. The minimum Gasteiger partial charge on any atom is -0.462 e. The number of aromatic nitrogens is 1. The van der Waals surface area contributed by atoms with E-state index in [0.717, 1.165) is 29.3 Å². The third-order valence-corrected chi connectivity index (χ3v) is 4.20. The highest BCUT2D eigenvalue weighted by molar-refractivity contribution is 7.15. The average Bonchev–Trinajstić information content (AvgIpc) is 2.92. The Bertz CT molecular complexity index is 555. The lowest BCUT2D eigenvalue weighted by molar-refractivity contribution is 0.576. The van der Waals surface area contributed by atoms with E-state index < -0.39 is 0 Å². The molecule has 2 heterocycles. The van der Waals surface area contributed by atoms with Gasteiger partial charge in [-0.2, -0.15) is 0 Å². The van der Waals surface area contributed by atoms with Gasteiger partial charge in [0.05, 0.1) is 12.0 Å². The van der Waals surface area contributed by atoms with Gasteiger partial charge in [-0.1, -0.05) is 27.7 Å². The molecule has 3 nitrogen and oxygen atoms in total. The summed E-state index contributed by atoms with van der Waals surface area (Å²) in [6.45, 7) is 11.8. The van der Waals surface area contributed by atoms with Crippen LogP contribution in [-0.2, 0) is 13.0 Å². The molecule has 20 heavy (non-hydrogen) atoms. The molecule has 2 rings (SSSR count). The van der Waals surface area contributed by atoms with Crippen LogP contribution in [0.1, 0.15) is 43.8 Å². The van der Waals surface area contributed by atoms with E-state index in [1.54, 1.807) is 17.6 Å². The van der Waals surface area contributed by atoms with Gasteiger partial charge in [-0.05, 0) is 30.9 Å². The van der Waals surface area contributed by atoms with Gasteiger partial charge in [0, 0.05) is 17.5 Å². The Hall–Kier alpha value is -1.13. The van der Waals surface area contributed by atoms with E-state index in [2.05, 4.69) is 39.9 Å². The number of hydrogen-bond acceptors (Lipinski definition) is 4. The average molecular weight is 292 g/mol. The molecule has 0 radical (unpaired) electrons. The number of hydrogen-bond donors (Lipinski definition) is 1. The molecule has 0 amide bonds. The van der Waals surface area contributed by atoms with Crippen molar-refractivity contribution in [2.24, 2.45) is 5.92 Å². The van der Waals surface area contributed by atoms with Crippen LogP contribution < -0.4 is 5.32 Å². The molecule has 2 aromatic rings. The third kappa shape index (κ3) is 3.70. The third-order valence-electron chi connectivity index (χ3n) is 3.11. The summed E-state index contributed by atoms with van der Waals surface area (Å²) in [5, 5.41) is 4.49. The lowest BCUT2D eigenvalue weighted by Crippen LogP contribution is -2.22. The zero-order valence-electron chi connectivity index (χ0n) is 13.0. The lowest BCUT2D eigenvalue weighted by atomic mass is 10.1. The molecule has 0 aliphatic carbocycles. The maximum atomic E-state index is 5.58. The molecule has 0 unspecified atom stereocenters. The summed E-state index contributed by atoms with van der Waals surface area (Å²) >= 11 is 1.75. The van der Waals surface area contributed by atoms with Gasteiger partial charge >= 0.3 is 0 Å². The topological polar surface area (TPSA) is 38.1 Å². The van der Waals surface area contributed by atoms with E-state index in [4.69, 9.17) is 9.40 Å². The van der Waals surface area contributed by atoms with Gasteiger partial charge in [-0.3, -0.25) is 0 Å². The Labute approximate surface area is 125 Å². The first-order valence-corrected chi connectivity index (χ1v) is 8.05. The van der Waals surface area contributed by atoms with Crippen molar-refractivity contribution in [3.05, 3.63) is 28.5 Å². The largest absolute Gasteiger partial charge is 0.462 e. The second-order valence-electron chi connectivity index (χ2n) is 5.96. The van der Waals surface area contributed by atoms with Crippen molar-refractivity contribution in [1.82, 2.24) is 10.3 Å².